The first-order valence-electron chi connectivity index (χ1n) is 8.91. The van der Waals surface area contributed by atoms with E-state index in [0.29, 0.717) is 22.3 Å². The predicted octanol–water partition coefficient (Wildman–Crippen LogP) is 3.45. The van der Waals surface area contributed by atoms with Gasteiger partial charge in [0.25, 0.3) is 0 Å². The smallest absolute Gasteiger partial charge is 0.336 e. The van der Waals surface area contributed by atoms with Crippen molar-refractivity contribution < 1.29 is 28.2 Å². The zero-order valence-corrected chi connectivity index (χ0v) is 16.4. The van der Waals surface area contributed by atoms with Gasteiger partial charge in [-0.15, -0.1) is 0 Å². The summed E-state index contributed by atoms with van der Waals surface area (Å²) in [4.78, 5) is 35.9. The van der Waals surface area contributed by atoms with Gasteiger partial charge in [0.1, 0.15) is 16.9 Å². The Morgan fingerprint density at radius 1 is 1.14 bits per heavy atom. The summed E-state index contributed by atoms with van der Waals surface area (Å²) in [6.45, 7) is 8.00. The summed E-state index contributed by atoms with van der Waals surface area (Å²) in [5.41, 5.74) is -0.502. The zero-order valence-electron chi connectivity index (χ0n) is 16.4. The number of benzene rings is 1. The van der Waals surface area contributed by atoms with Crippen molar-refractivity contribution in [3.8, 4) is 5.75 Å². The van der Waals surface area contributed by atoms with Gasteiger partial charge in [-0.25, -0.2) is 9.59 Å². The van der Waals surface area contributed by atoms with E-state index in [9.17, 15) is 14.4 Å². The van der Waals surface area contributed by atoms with E-state index in [2.05, 4.69) is 0 Å². The fourth-order valence-corrected chi connectivity index (χ4v) is 3.24. The molecule has 7 nitrogen and oxygen atoms in total. The molecule has 0 N–H and O–H groups in total. The van der Waals surface area contributed by atoms with Crippen LogP contribution >= 0.6 is 0 Å². The summed E-state index contributed by atoms with van der Waals surface area (Å²) < 4.78 is 22.6. The Balaban J connectivity index is 2.16. The van der Waals surface area contributed by atoms with Gasteiger partial charge in [0.05, 0.1) is 5.56 Å². The third kappa shape index (κ3) is 3.52. The standard InChI is InChI=1S/C21H22O7/c1-6-11(2)20(24)27-18-16-14(25-19(18)21(4,5)28-12(3)22)9-7-13-8-10-15(23)26-17(13)16/h6-10,18-19H,1-5H3/b11-6+. The van der Waals surface area contributed by atoms with Crippen LogP contribution in [0.25, 0.3) is 11.0 Å². The minimum Gasteiger partial charge on any atom is -0.481 e. The maximum Gasteiger partial charge on any atom is 0.336 e. The predicted molar refractivity (Wildman–Crippen MR) is 101 cm³/mol. The van der Waals surface area contributed by atoms with Crippen LogP contribution in [0, 0.1) is 0 Å². The molecule has 0 bridgehead atoms. The van der Waals surface area contributed by atoms with E-state index in [1.807, 2.05) is 0 Å². The van der Waals surface area contributed by atoms with Crippen LogP contribution in [0.4, 0.5) is 0 Å². The Hall–Kier alpha value is -3.09. The lowest BCUT2D eigenvalue weighted by atomic mass is 9.93. The lowest BCUT2D eigenvalue weighted by Crippen LogP contribution is -2.46. The molecule has 0 aliphatic carbocycles. The minimum atomic E-state index is -1.11. The van der Waals surface area contributed by atoms with E-state index in [-0.39, 0.29) is 5.58 Å². The lowest BCUT2D eigenvalue weighted by Gasteiger charge is -2.33. The molecule has 0 saturated heterocycles. The van der Waals surface area contributed by atoms with Crippen LogP contribution in [0.2, 0.25) is 0 Å². The molecule has 0 radical (unpaired) electrons. The number of allylic oxidation sites excluding steroid dienone is 1. The Bertz CT molecular complexity index is 1030. The van der Waals surface area contributed by atoms with Gasteiger partial charge in [0, 0.05) is 23.9 Å². The monoisotopic (exact) mass is 386 g/mol. The normalized spacial score (nSPS) is 19.1. The van der Waals surface area contributed by atoms with Gasteiger partial charge in [-0.05, 0) is 45.9 Å². The van der Waals surface area contributed by atoms with Crippen molar-refractivity contribution in [2.75, 3.05) is 0 Å². The van der Waals surface area contributed by atoms with Gasteiger partial charge >= 0.3 is 17.6 Å². The molecule has 2 aromatic rings. The summed E-state index contributed by atoms with van der Waals surface area (Å²) in [6, 6.07) is 6.40. The Kier molecular flexibility index (Phi) is 5.02. The van der Waals surface area contributed by atoms with Crippen LogP contribution < -0.4 is 10.4 Å². The van der Waals surface area contributed by atoms with E-state index in [1.165, 1.54) is 13.0 Å². The Labute approximate surface area is 161 Å². The molecule has 2 atom stereocenters. The lowest BCUT2D eigenvalue weighted by molar-refractivity contribution is -0.174. The molecule has 0 fully saturated rings. The molecule has 2 unspecified atom stereocenters. The third-order valence-electron chi connectivity index (χ3n) is 4.68. The van der Waals surface area contributed by atoms with Crippen LogP contribution in [-0.4, -0.2) is 23.6 Å². The first kappa shape index (κ1) is 19.7. The molecule has 0 spiro atoms. The summed E-state index contributed by atoms with van der Waals surface area (Å²) in [5.74, 6) is -0.624. The van der Waals surface area contributed by atoms with Gasteiger partial charge in [0.15, 0.2) is 12.2 Å². The highest BCUT2D eigenvalue weighted by atomic mass is 16.6. The van der Waals surface area contributed by atoms with Gasteiger partial charge in [0.2, 0.25) is 0 Å². The number of hydrogen-bond acceptors (Lipinski definition) is 7. The molecule has 7 heteroatoms. The molecule has 148 valence electrons. The van der Waals surface area contributed by atoms with Crippen LogP contribution in [-0.2, 0) is 19.1 Å². The van der Waals surface area contributed by atoms with Crippen molar-refractivity contribution in [1.82, 2.24) is 0 Å². The Morgan fingerprint density at radius 2 is 1.82 bits per heavy atom. The molecule has 1 aliphatic heterocycles. The van der Waals surface area contributed by atoms with E-state index < -0.39 is 35.4 Å². The van der Waals surface area contributed by atoms with Crippen molar-refractivity contribution >= 4 is 22.9 Å². The van der Waals surface area contributed by atoms with Crippen molar-refractivity contribution in [3.05, 3.63) is 51.9 Å². The number of carbonyl (C=O) groups is 2. The molecular formula is C21H22O7. The second-order valence-corrected chi connectivity index (χ2v) is 7.18. The van der Waals surface area contributed by atoms with Gasteiger partial charge in [-0.3, -0.25) is 4.79 Å². The van der Waals surface area contributed by atoms with Crippen LogP contribution in [0.1, 0.15) is 46.3 Å². The third-order valence-corrected chi connectivity index (χ3v) is 4.68. The minimum absolute atomic E-state index is 0.280. The number of rotatable bonds is 4. The van der Waals surface area contributed by atoms with Crippen LogP contribution in [0.5, 0.6) is 5.75 Å². The molecule has 2 heterocycles. The van der Waals surface area contributed by atoms with Crippen molar-refractivity contribution in [1.29, 1.82) is 0 Å². The van der Waals surface area contributed by atoms with E-state index in [1.54, 1.807) is 52.0 Å². The maximum absolute atomic E-state index is 12.5. The summed E-state index contributed by atoms with van der Waals surface area (Å²) in [5, 5.41) is 0.664. The van der Waals surface area contributed by atoms with Crippen molar-refractivity contribution in [3.63, 3.8) is 0 Å². The Morgan fingerprint density at radius 3 is 2.46 bits per heavy atom. The van der Waals surface area contributed by atoms with Crippen molar-refractivity contribution in [2.45, 2.75) is 52.4 Å². The quantitative estimate of drug-likeness (QED) is 0.451. The molecule has 0 amide bonds. The SMILES string of the molecule is C/C=C(\C)C(=O)OC1c2c(ccc3ccc(=O)oc23)OC1C(C)(C)OC(C)=O. The number of fused-ring (bicyclic) bond motifs is 3. The van der Waals surface area contributed by atoms with Gasteiger partial charge in [-0.1, -0.05) is 6.08 Å². The number of esters is 2. The average Bonchev–Trinajstić information content (AvgIpc) is 2.99. The van der Waals surface area contributed by atoms with Crippen LogP contribution in [0.3, 0.4) is 0 Å². The van der Waals surface area contributed by atoms with Crippen molar-refractivity contribution in [2.24, 2.45) is 0 Å². The largest absolute Gasteiger partial charge is 0.481 e. The highest BCUT2D eigenvalue weighted by Crippen LogP contribution is 2.47. The summed E-state index contributed by atoms with van der Waals surface area (Å²) in [7, 11) is 0. The molecule has 1 aliphatic rings. The molecular weight excluding hydrogens is 364 g/mol. The molecule has 1 aromatic carbocycles. The highest BCUT2D eigenvalue weighted by Gasteiger charge is 2.50. The number of carbonyl (C=O) groups excluding carboxylic acids is 2. The second-order valence-electron chi connectivity index (χ2n) is 7.18. The first-order chi connectivity index (χ1) is 13.1. The second kappa shape index (κ2) is 7.14. The van der Waals surface area contributed by atoms with Crippen LogP contribution in [0.15, 0.2) is 45.1 Å². The van der Waals surface area contributed by atoms with E-state index in [4.69, 9.17) is 18.6 Å². The molecule has 1 aromatic heterocycles. The highest BCUT2D eigenvalue weighted by molar-refractivity contribution is 5.89. The van der Waals surface area contributed by atoms with Gasteiger partial charge < -0.3 is 18.6 Å². The maximum atomic E-state index is 12.5. The number of ether oxygens (including phenoxy) is 3. The topological polar surface area (TPSA) is 92.0 Å². The zero-order chi connectivity index (χ0) is 20.6. The fraction of sp³-hybridized carbons (Fsp3) is 0.381. The van der Waals surface area contributed by atoms with Gasteiger partial charge in [-0.2, -0.15) is 0 Å². The molecule has 3 rings (SSSR count). The fourth-order valence-electron chi connectivity index (χ4n) is 3.24. The van der Waals surface area contributed by atoms with E-state index >= 15 is 0 Å². The summed E-state index contributed by atoms with van der Waals surface area (Å²) >= 11 is 0. The summed E-state index contributed by atoms with van der Waals surface area (Å²) in [6.07, 6.45) is -0.119. The van der Waals surface area contributed by atoms with E-state index in [0.717, 1.165) is 0 Å². The average molecular weight is 386 g/mol. The number of hydrogen-bond donors (Lipinski definition) is 0. The first-order valence-corrected chi connectivity index (χ1v) is 8.91. The molecule has 28 heavy (non-hydrogen) atoms. The molecule has 0 saturated carbocycles.